The van der Waals surface area contributed by atoms with E-state index in [1.807, 2.05) is 30.3 Å². The fourth-order valence-electron chi connectivity index (χ4n) is 2.06. The van der Waals surface area contributed by atoms with E-state index in [1.165, 1.54) is 6.92 Å². The Morgan fingerprint density at radius 1 is 1.23 bits per heavy atom. The SMILES string of the molecule is C[C@@H](O)[C@H](NC(=O)COc1cccc2ccccc12)C(=O)[O-]. The fraction of sp³-hybridized carbons (Fsp3) is 0.250. The number of benzene rings is 2. The first-order valence-electron chi connectivity index (χ1n) is 6.78. The highest BCUT2D eigenvalue weighted by Gasteiger charge is 2.19. The van der Waals surface area contributed by atoms with Crippen LogP contribution in [0, 0.1) is 0 Å². The van der Waals surface area contributed by atoms with Crippen LogP contribution in [0.25, 0.3) is 10.8 Å². The van der Waals surface area contributed by atoms with Gasteiger partial charge in [0.25, 0.3) is 5.91 Å². The number of hydrogen-bond donors (Lipinski definition) is 2. The van der Waals surface area contributed by atoms with Gasteiger partial charge in [0.2, 0.25) is 0 Å². The molecule has 2 aromatic carbocycles. The quantitative estimate of drug-likeness (QED) is 0.772. The normalized spacial score (nSPS) is 13.4. The third kappa shape index (κ3) is 3.73. The van der Waals surface area contributed by atoms with Crippen molar-refractivity contribution in [3.05, 3.63) is 42.5 Å². The number of amides is 1. The number of carboxylic acids is 1. The molecule has 0 unspecified atom stereocenters. The van der Waals surface area contributed by atoms with Gasteiger partial charge in [-0.25, -0.2) is 0 Å². The number of rotatable bonds is 6. The van der Waals surface area contributed by atoms with Crippen molar-refractivity contribution in [2.75, 3.05) is 6.61 Å². The summed E-state index contributed by atoms with van der Waals surface area (Å²) in [4.78, 5) is 22.5. The van der Waals surface area contributed by atoms with Crippen LogP contribution in [0.4, 0.5) is 0 Å². The number of ether oxygens (including phenoxy) is 1. The zero-order valence-corrected chi connectivity index (χ0v) is 12.0. The summed E-state index contributed by atoms with van der Waals surface area (Å²) in [5.74, 6) is -1.67. The van der Waals surface area contributed by atoms with Crippen LogP contribution in [0.1, 0.15) is 6.92 Å². The van der Waals surface area contributed by atoms with Gasteiger partial charge in [0.05, 0.1) is 18.1 Å². The third-order valence-corrected chi connectivity index (χ3v) is 3.16. The first-order chi connectivity index (χ1) is 10.5. The standard InChI is InChI=1S/C16H17NO5/c1-10(18)15(16(20)21)17-14(19)9-22-13-8-4-6-11-5-2-3-7-12(11)13/h2-8,10,15,18H,9H2,1H3,(H,17,19)(H,20,21)/p-1/t10-,15+/m1/s1. The maximum Gasteiger partial charge on any atom is 0.258 e. The van der Waals surface area contributed by atoms with Crippen molar-refractivity contribution in [2.24, 2.45) is 0 Å². The summed E-state index contributed by atoms with van der Waals surface area (Å²) < 4.78 is 5.43. The molecule has 6 nitrogen and oxygen atoms in total. The minimum absolute atomic E-state index is 0.357. The lowest BCUT2D eigenvalue weighted by Gasteiger charge is -2.22. The van der Waals surface area contributed by atoms with Crippen molar-refractivity contribution in [3.8, 4) is 5.75 Å². The molecule has 0 saturated heterocycles. The second kappa shape index (κ2) is 6.91. The van der Waals surface area contributed by atoms with Gasteiger partial charge < -0.3 is 25.1 Å². The monoisotopic (exact) mass is 302 g/mol. The van der Waals surface area contributed by atoms with Gasteiger partial charge in [0, 0.05) is 5.39 Å². The lowest BCUT2D eigenvalue weighted by molar-refractivity contribution is -0.310. The molecule has 116 valence electrons. The van der Waals surface area contributed by atoms with Crippen molar-refractivity contribution < 1.29 is 24.5 Å². The van der Waals surface area contributed by atoms with Crippen molar-refractivity contribution in [3.63, 3.8) is 0 Å². The summed E-state index contributed by atoms with van der Waals surface area (Å²) in [5.41, 5.74) is 0. The highest BCUT2D eigenvalue weighted by molar-refractivity contribution is 5.89. The van der Waals surface area contributed by atoms with Crippen molar-refractivity contribution >= 4 is 22.6 Å². The molecule has 0 aromatic heterocycles. The van der Waals surface area contributed by atoms with E-state index in [-0.39, 0.29) is 6.61 Å². The Morgan fingerprint density at radius 2 is 1.91 bits per heavy atom. The van der Waals surface area contributed by atoms with Gasteiger partial charge in [-0.3, -0.25) is 4.79 Å². The van der Waals surface area contributed by atoms with E-state index >= 15 is 0 Å². The second-order valence-corrected chi connectivity index (χ2v) is 4.87. The van der Waals surface area contributed by atoms with Crippen molar-refractivity contribution in [2.45, 2.75) is 19.1 Å². The molecule has 2 atom stereocenters. The zero-order valence-electron chi connectivity index (χ0n) is 12.0. The minimum Gasteiger partial charge on any atom is -0.548 e. The lowest BCUT2D eigenvalue weighted by atomic mass is 10.1. The van der Waals surface area contributed by atoms with Crippen LogP contribution < -0.4 is 15.2 Å². The van der Waals surface area contributed by atoms with E-state index in [1.54, 1.807) is 12.1 Å². The Hall–Kier alpha value is -2.60. The summed E-state index contributed by atoms with van der Waals surface area (Å²) in [6.07, 6.45) is -1.26. The van der Waals surface area contributed by atoms with Gasteiger partial charge in [-0.2, -0.15) is 0 Å². The Kier molecular flexibility index (Phi) is 4.95. The summed E-state index contributed by atoms with van der Waals surface area (Å²) in [7, 11) is 0. The smallest absolute Gasteiger partial charge is 0.258 e. The van der Waals surface area contributed by atoms with Crippen LogP contribution in [0.3, 0.4) is 0 Å². The van der Waals surface area contributed by atoms with E-state index < -0.39 is 24.0 Å². The van der Waals surface area contributed by atoms with Gasteiger partial charge >= 0.3 is 0 Å². The molecular weight excluding hydrogens is 286 g/mol. The molecule has 6 heteroatoms. The molecule has 0 fully saturated rings. The molecule has 2 rings (SSSR count). The summed E-state index contributed by atoms with van der Waals surface area (Å²) in [5, 5.41) is 24.1. The molecule has 2 aromatic rings. The van der Waals surface area contributed by atoms with Crippen LogP contribution in [0.2, 0.25) is 0 Å². The number of hydrogen-bond acceptors (Lipinski definition) is 5. The number of aliphatic carboxylic acids is 1. The summed E-state index contributed by atoms with van der Waals surface area (Å²) in [6.45, 7) is 0.900. The number of aliphatic hydroxyl groups is 1. The highest BCUT2D eigenvalue weighted by Crippen LogP contribution is 2.24. The maximum atomic E-state index is 11.7. The molecule has 1 amide bonds. The minimum atomic E-state index is -1.55. The number of carbonyl (C=O) groups is 2. The zero-order chi connectivity index (χ0) is 16.1. The van der Waals surface area contributed by atoms with Gasteiger partial charge in [-0.15, -0.1) is 0 Å². The molecule has 2 N–H and O–H groups in total. The lowest BCUT2D eigenvalue weighted by Crippen LogP contribution is -2.54. The Balaban J connectivity index is 2.03. The third-order valence-electron chi connectivity index (χ3n) is 3.16. The van der Waals surface area contributed by atoms with Crippen molar-refractivity contribution in [1.29, 1.82) is 0 Å². The number of carbonyl (C=O) groups excluding carboxylic acids is 2. The number of fused-ring (bicyclic) bond motifs is 1. The Labute approximate surface area is 127 Å². The molecule has 0 saturated carbocycles. The molecular formula is C16H16NO5-. The summed E-state index contributed by atoms with van der Waals surface area (Å²) in [6, 6.07) is 11.5. The second-order valence-electron chi connectivity index (χ2n) is 4.87. The maximum absolute atomic E-state index is 11.7. The van der Waals surface area contributed by atoms with E-state index in [4.69, 9.17) is 4.74 Å². The van der Waals surface area contributed by atoms with E-state index in [0.29, 0.717) is 5.75 Å². The molecule has 0 aliphatic heterocycles. The number of aliphatic hydroxyl groups excluding tert-OH is 1. The van der Waals surface area contributed by atoms with Gasteiger partial charge in [0.15, 0.2) is 6.61 Å². The average Bonchev–Trinajstić information content (AvgIpc) is 2.49. The molecule has 0 spiro atoms. The molecule has 22 heavy (non-hydrogen) atoms. The van der Waals surface area contributed by atoms with Gasteiger partial charge in [0.1, 0.15) is 5.75 Å². The molecule has 0 bridgehead atoms. The van der Waals surface area contributed by atoms with E-state index in [9.17, 15) is 19.8 Å². The first-order valence-corrected chi connectivity index (χ1v) is 6.78. The largest absolute Gasteiger partial charge is 0.548 e. The molecule has 0 radical (unpaired) electrons. The van der Waals surface area contributed by atoms with Crippen LogP contribution in [0.5, 0.6) is 5.75 Å². The predicted molar refractivity (Wildman–Crippen MR) is 78.1 cm³/mol. The molecule has 0 heterocycles. The van der Waals surface area contributed by atoms with E-state index in [2.05, 4.69) is 5.32 Å². The van der Waals surface area contributed by atoms with Crippen LogP contribution in [-0.4, -0.2) is 35.7 Å². The van der Waals surface area contributed by atoms with Crippen LogP contribution >= 0.6 is 0 Å². The highest BCUT2D eigenvalue weighted by atomic mass is 16.5. The molecule has 0 aliphatic rings. The summed E-state index contributed by atoms with van der Waals surface area (Å²) >= 11 is 0. The predicted octanol–water partition coefficient (Wildman–Crippen LogP) is -0.166. The average molecular weight is 302 g/mol. The van der Waals surface area contributed by atoms with Crippen LogP contribution in [-0.2, 0) is 9.59 Å². The first kappa shape index (κ1) is 15.8. The topological polar surface area (TPSA) is 98.7 Å². The number of carboxylic acid groups (broad SMARTS) is 1. The van der Waals surface area contributed by atoms with Gasteiger partial charge in [-0.05, 0) is 18.4 Å². The Morgan fingerprint density at radius 3 is 2.59 bits per heavy atom. The number of nitrogens with one attached hydrogen (secondary N) is 1. The van der Waals surface area contributed by atoms with E-state index in [0.717, 1.165) is 10.8 Å². The van der Waals surface area contributed by atoms with Crippen molar-refractivity contribution in [1.82, 2.24) is 5.32 Å². The molecule has 0 aliphatic carbocycles. The van der Waals surface area contributed by atoms with Crippen LogP contribution in [0.15, 0.2) is 42.5 Å². The Bertz CT molecular complexity index is 678. The fourth-order valence-corrected chi connectivity index (χ4v) is 2.06. The van der Waals surface area contributed by atoms with Gasteiger partial charge in [-0.1, -0.05) is 36.4 Å².